The number of nitrogens with one attached hydrogen (secondary N) is 1. The van der Waals surface area contributed by atoms with E-state index in [-0.39, 0.29) is 0 Å². The lowest BCUT2D eigenvalue weighted by Crippen LogP contribution is -1.78. The standard InChI is InChI=1S/C11H6Cl2N2/c12-8-3-1-2-6-7-5-14-15-10(7)4-9(13)11(6)8/h1-5H,(H,14,15). The summed E-state index contributed by atoms with van der Waals surface area (Å²) < 4.78 is 0. The molecule has 0 atom stereocenters. The highest BCUT2D eigenvalue weighted by Gasteiger charge is 2.08. The average molecular weight is 237 g/mol. The lowest BCUT2D eigenvalue weighted by Gasteiger charge is -2.03. The molecule has 74 valence electrons. The third kappa shape index (κ3) is 1.22. The number of fused-ring (bicyclic) bond motifs is 3. The Bertz CT molecular complexity index is 658. The van der Waals surface area contributed by atoms with Crippen LogP contribution in [0, 0.1) is 0 Å². The van der Waals surface area contributed by atoms with Gasteiger partial charge in [0, 0.05) is 15.8 Å². The Morgan fingerprint density at radius 3 is 2.80 bits per heavy atom. The number of benzene rings is 2. The maximum Gasteiger partial charge on any atom is 0.0671 e. The van der Waals surface area contributed by atoms with Crippen molar-refractivity contribution in [2.45, 2.75) is 0 Å². The van der Waals surface area contributed by atoms with Crippen LogP contribution in [-0.4, -0.2) is 10.2 Å². The fourth-order valence-corrected chi connectivity index (χ4v) is 2.45. The van der Waals surface area contributed by atoms with E-state index in [9.17, 15) is 0 Å². The minimum absolute atomic E-state index is 0.646. The van der Waals surface area contributed by atoms with Crippen LogP contribution < -0.4 is 0 Å². The molecule has 0 saturated heterocycles. The highest BCUT2D eigenvalue weighted by atomic mass is 35.5. The van der Waals surface area contributed by atoms with Crippen molar-refractivity contribution in [1.29, 1.82) is 0 Å². The summed E-state index contributed by atoms with van der Waals surface area (Å²) in [6, 6.07) is 7.58. The Morgan fingerprint density at radius 2 is 1.93 bits per heavy atom. The second-order valence-corrected chi connectivity index (χ2v) is 4.17. The molecule has 0 spiro atoms. The number of hydrogen-bond donors (Lipinski definition) is 1. The molecule has 2 nitrogen and oxygen atoms in total. The Morgan fingerprint density at radius 1 is 1.07 bits per heavy atom. The summed E-state index contributed by atoms with van der Waals surface area (Å²) in [5.41, 5.74) is 0.926. The van der Waals surface area contributed by atoms with Crippen LogP contribution in [0.25, 0.3) is 21.7 Å². The van der Waals surface area contributed by atoms with Gasteiger partial charge in [-0.3, -0.25) is 5.10 Å². The van der Waals surface area contributed by atoms with Crippen molar-refractivity contribution in [3.05, 3.63) is 40.5 Å². The van der Waals surface area contributed by atoms with Gasteiger partial charge in [0.2, 0.25) is 0 Å². The zero-order valence-electron chi connectivity index (χ0n) is 7.59. The first-order chi connectivity index (χ1) is 7.27. The molecule has 0 fully saturated rings. The fourth-order valence-electron chi connectivity index (χ4n) is 1.81. The molecule has 0 bridgehead atoms. The zero-order valence-corrected chi connectivity index (χ0v) is 9.10. The summed E-state index contributed by atoms with van der Waals surface area (Å²) >= 11 is 12.3. The predicted molar refractivity (Wildman–Crippen MR) is 63.6 cm³/mol. The van der Waals surface area contributed by atoms with Crippen molar-refractivity contribution in [3.8, 4) is 0 Å². The number of H-pyrrole nitrogens is 1. The highest BCUT2D eigenvalue weighted by Crippen LogP contribution is 2.34. The molecule has 0 unspecified atom stereocenters. The van der Waals surface area contributed by atoms with Gasteiger partial charge in [-0.1, -0.05) is 35.3 Å². The van der Waals surface area contributed by atoms with Crippen LogP contribution in [0.5, 0.6) is 0 Å². The smallest absolute Gasteiger partial charge is 0.0671 e. The first-order valence-corrected chi connectivity index (χ1v) is 5.23. The normalized spacial score (nSPS) is 11.3. The van der Waals surface area contributed by atoms with Crippen LogP contribution >= 0.6 is 23.2 Å². The van der Waals surface area contributed by atoms with Crippen molar-refractivity contribution in [2.24, 2.45) is 0 Å². The second-order valence-electron chi connectivity index (χ2n) is 3.35. The number of nitrogens with zero attached hydrogens (tertiary/aromatic N) is 1. The minimum atomic E-state index is 0.646. The van der Waals surface area contributed by atoms with Gasteiger partial charge in [0.1, 0.15) is 0 Å². The monoisotopic (exact) mass is 236 g/mol. The first-order valence-electron chi connectivity index (χ1n) is 4.47. The van der Waals surface area contributed by atoms with Crippen molar-refractivity contribution in [3.63, 3.8) is 0 Å². The van der Waals surface area contributed by atoms with Crippen LogP contribution in [-0.2, 0) is 0 Å². The van der Waals surface area contributed by atoms with E-state index in [0.29, 0.717) is 10.0 Å². The van der Waals surface area contributed by atoms with Gasteiger partial charge < -0.3 is 0 Å². The lowest BCUT2D eigenvalue weighted by atomic mass is 10.1. The van der Waals surface area contributed by atoms with Gasteiger partial charge in [-0.2, -0.15) is 5.10 Å². The van der Waals surface area contributed by atoms with Crippen LogP contribution in [0.1, 0.15) is 0 Å². The SMILES string of the molecule is Clc1cccc2c1c(Cl)cc1[nH]ncc12. The molecule has 0 saturated carbocycles. The van der Waals surface area contributed by atoms with Gasteiger partial charge in [0.25, 0.3) is 0 Å². The van der Waals surface area contributed by atoms with Gasteiger partial charge in [-0.15, -0.1) is 0 Å². The van der Waals surface area contributed by atoms with E-state index < -0.39 is 0 Å². The lowest BCUT2D eigenvalue weighted by molar-refractivity contribution is 1.12. The number of hydrogen-bond acceptors (Lipinski definition) is 1. The third-order valence-electron chi connectivity index (χ3n) is 2.48. The molecule has 15 heavy (non-hydrogen) atoms. The summed E-state index contributed by atoms with van der Waals surface area (Å²) in [7, 11) is 0. The molecule has 0 aliphatic heterocycles. The van der Waals surface area contributed by atoms with E-state index in [2.05, 4.69) is 10.2 Å². The molecule has 2 aromatic carbocycles. The second kappa shape index (κ2) is 3.12. The Balaban J connectivity index is 2.67. The summed E-state index contributed by atoms with van der Waals surface area (Å²) in [5, 5.41) is 11.2. The van der Waals surface area contributed by atoms with Gasteiger partial charge in [0.05, 0.1) is 16.7 Å². The van der Waals surface area contributed by atoms with Gasteiger partial charge in [-0.25, -0.2) is 0 Å². The van der Waals surface area contributed by atoms with Crippen molar-refractivity contribution < 1.29 is 0 Å². The first kappa shape index (κ1) is 9.01. The van der Waals surface area contributed by atoms with E-state index in [0.717, 1.165) is 21.7 Å². The van der Waals surface area contributed by atoms with Crippen LogP contribution in [0.2, 0.25) is 10.0 Å². The summed E-state index contributed by atoms with van der Waals surface area (Å²) in [6.45, 7) is 0. The quantitative estimate of drug-likeness (QED) is 0.628. The highest BCUT2D eigenvalue weighted by molar-refractivity contribution is 6.43. The van der Waals surface area contributed by atoms with E-state index in [4.69, 9.17) is 23.2 Å². The van der Waals surface area contributed by atoms with E-state index in [1.165, 1.54) is 0 Å². The van der Waals surface area contributed by atoms with E-state index in [1.54, 1.807) is 6.20 Å². The molecule has 3 rings (SSSR count). The number of halogens is 2. The van der Waals surface area contributed by atoms with Gasteiger partial charge in [-0.05, 0) is 17.5 Å². The van der Waals surface area contributed by atoms with Crippen LogP contribution in [0.3, 0.4) is 0 Å². The molecule has 0 radical (unpaired) electrons. The fraction of sp³-hybridized carbons (Fsp3) is 0. The number of aromatic amines is 1. The topological polar surface area (TPSA) is 28.7 Å². The van der Waals surface area contributed by atoms with Crippen molar-refractivity contribution in [2.75, 3.05) is 0 Å². The Labute approximate surface area is 95.8 Å². The molecule has 4 heteroatoms. The molecule has 0 aliphatic carbocycles. The van der Waals surface area contributed by atoms with E-state index in [1.807, 2.05) is 24.3 Å². The van der Waals surface area contributed by atoms with Gasteiger partial charge >= 0.3 is 0 Å². The Kier molecular flexibility index (Phi) is 1.87. The predicted octanol–water partition coefficient (Wildman–Crippen LogP) is 4.02. The maximum absolute atomic E-state index is 6.17. The third-order valence-corrected chi connectivity index (χ3v) is 3.10. The minimum Gasteiger partial charge on any atom is -0.278 e. The number of rotatable bonds is 0. The molecule has 0 amide bonds. The van der Waals surface area contributed by atoms with E-state index >= 15 is 0 Å². The molecular weight excluding hydrogens is 231 g/mol. The molecular formula is C11H6Cl2N2. The molecule has 3 aromatic rings. The molecule has 1 aromatic heterocycles. The van der Waals surface area contributed by atoms with Crippen molar-refractivity contribution in [1.82, 2.24) is 10.2 Å². The number of aromatic nitrogens is 2. The van der Waals surface area contributed by atoms with Crippen LogP contribution in [0.4, 0.5) is 0 Å². The van der Waals surface area contributed by atoms with Crippen molar-refractivity contribution >= 4 is 44.9 Å². The summed E-state index contributed by atoms with van der Waals surface area (Å²) in [5.74, 6) is 0. The average Bonchev–Trinajstić information content (AvgIpc) is 2.65. The molecule has 1 heterocycles. The maximum atomic E-state index is 6.17. The molecule has 0 aliphatic rings. The van der Waals surface area contributed by atoms with Gasteiger partial charge in [0.15, 0.2) is 0 Å². The largest absolute Gasteiger partial charge is 0.278 e. The summed E-state index contributed by atoms with van der Waals surface area (Å²) in [6.07, 6.45) is 1.78. The summed E-state index contributed by atoms with van der Waals surface area (Å²) in [4.78, 5) is 0. The Hall–Kier alpha value is -1.25. The zero-order chi connectivity index (χ0) is 10.4. The molecule has 1 N–H and O–H groups in total. The van der Waals surface area contributed by atoms with Crippen LogP contribution in [0.15, 0.2) is 30.5 Å².